The Bertz CT molecular complexity index is 522. The molecule has 1 unspecified atom stereocenters. The van der Waals surface area contributed by atoms with E-state index in [0.29, 0.717) is 23.6 Å². The molecule has 0 spiro atoms. The SMILES string of the molecule is COC(=O)c1c(C)cccc1NC(=O)CCC1CCNC1. The van der Waals surface area contributed by atoms with Gasteiger partial charge >= 0.3 is 5.97 Å². The number of hydrogen-bond donors (Lipinski definition) is 2. The van der Waals surface area contributed by atoms with Crippen LogP contribution >= 0.6 is 0 Å². The van der Waals surface area contributed by atoms with E-state index in [-0.39, 0.29) is 5.91 Å². The summed E-state index contributed by atoms with van der Waals surface area (Å²) in [7, 11) is 1.34. The molecule has 1 aromatic rings. The molecule has 1 amide bonds. The number of amides is 1. The zero-order valence-electron chi connectivity index (χ0n) is 12.6. The molecule has 5 heteroatoms. The van der Waals surface area contributed by atoms with Crippen LogP contribution in [0.4, 0.5) is 5.69 Å². The first-order valence-electron chi connectivity index (χ1n) is 7.30. The fraction of sp³-hybridized carbons (Fsp3) is 0.500. The molecule has 1 aromatic carbocycles. The highest BCUT2D eigenvalue weighted by atomic mass is 16.5. The number of nitrogens with one attached hydrogen (secondary N) is 2. The van der Waals surface area contributed by atoms with Gasteiger partial charge < -0.3 is 15.4 Å². The first-order valence-corrected chi connectivity index (χ1v) is 7.30. The maximum atomic E-state index is 12.1. The van der Waals surface area contributed by atoms with Crippen molar-refractivity contribution < 1.29 is 14.3 Å². The van der Waals surface area contributed by atoms with Crippen molar-refractivity contribution in [3.8, 4) is 0 Å². The lowest BCUT2D eigenvalue weighted by molar-refractivity contribution is -0.116. The van der Waals surface area contributed by atoms with E-state index in [4.69, 9.17) is 4.74 Å². The van der Waals surface area contributed by atoms with Crippen LogP contribution in [0.15, 0.2) is 18.2 Å². The van der Waals surface area contributed by atoms with Crippen LogP contribution < -0.4 is 10.6 Å². The molecule has 5 nitrogen and oxygen atoms in total. The summed E-state index contributed by atoms with van der Waals surface area (Å²) >= 11 is 0. The summed E-state index contributed by atoms with van der Waals surface area (Å²) in [5.41, 5.74) is 1.74. The highest BCUT2D eigenvalue weighted by Crippen LogP contribution is 2.21. The van der Waals surface area contributed by atoms with Crippen molar-refractivity contribution in [1.82, 2.24) is 5.32 Å². The molecule has 1 heterocycles. The highest BCUT2D eigenvalue weighted by Gasteiger charge is 2.18. The summed E-state index contributed by atoms with van der Waals surface area (Å²) in [6, 6.07) is 5.37. The molecule has 1 fully saturated rings. The van der Waals surface area contributed by atoms with E-state index in [1.165, 1.54) is 7.11 Å². The molecule has 2 N–H and O–H groups in total. The predicted molar refractivity (Wildman–Crippen MR) is 81.4 cm³/mol. The van der Waals surface area contributed by atoms with E-state index in [2.05, 4.69) is 10.6 Å². The summed E-state index contributed by atoms with van der Waals surface area (Å²) in [5, 5.41) is 6.12. The zero-order chi connectivity index (χ0) is 15.2. The van der Waals surface area contributed by atoms with Crippen LogP contribution in [0.2, 0.25) is 0 Å². The number of benzene rings is 1. The van der Waals surface area contributed by atoms with Gasteiger partial charge in [0, 0.05) is 6.42 Å². The third kappa shape index (κ3) is 4.04. The molecule has 0 saturated carbocycles. The maximum Gasteiger partial charge on any atom is 0.340 e. The molecule has 2 rings (SSSR count). The Kier molecular flexibility index (Phi) is 5.33. The number of methoxy groups -OCH3 is 1. The van der Waals surface area contributed by atoms with Crippen molar-refractivity contribution in [3.05, 3.63) is 29.3 Å². The number of carbonyl (C=O) groups is 2. The third-order valence-corrected chi connectivity index (χ3v) is 3.88. The van der Waals surface area contributed by atoms with Gasteiger partial charge in [-0.1, -0.05) is 12.1 Å². The van der Waals surface area contributed by atoms with Crippen LogP contribution in [0.3, 0.4) is 0 Å². The van der Waals surface area contributed by atoms with Crippen molar-refractivity contribution >= 4 is 17.6 Å². The lowest BCUT2D eigenvalue weighted by atomic mass is 10.0. The van der Waals surface area contributed by atoms with Gasteiger partial charge in [0.1, 0.15) is 0 Å². The van der Waals surface area contributed by atoms with Gasteiger partial charge in [0.2, 0.25) is 5.91 Å². The molecule has 21 heavy (non-hydrogen) atoms. The minimum Gasteiger partial charge on any atom is -0.465 e. The van der Waals surface area contributed by atoms with E-state index in [9.17, 15) is 9.59 Å². The highest BCUT2D eigenvalue weighted by molar-refractivity contribution is 6.02. The normalized spacial score (nSPS) is 17.5. The summed E-state index contributed by atoms with van der Waals surface area (Å²) in [6.07, 6.45) is 2.48. The van der Waals surface area contributed by atoms with E-state index >= 15 is 0 Å². The molecule has 0 bridgehead atoms. The predicted octanol–water partition coefficient (Wildman–Crippen LogP) is 2.11. The largest absolute Gasteiger partial charge is 0.465 e. The molecule has 1 aliphatic heterocycles. The molecule has 0 aliphatic carbocycles. The number of rotatable bonds is 5. The molecule has 114 valence electrons. The molecule has 1 aliphatic rings. The van der Waals surface area contributed by atoms with Crippen LogP contribution in [0.25, 0.3) is 0 Å². The van der Waals surface area contributed by atoms with Crippen LogP contribution in [-0.4, -0.2) is 32.1 Å². The Hall–Kier alpha value is -1.88. The van der Waals surface area contributed by atoms with Crippen molar-refractivity contribution in [2.24, 2.45) is 5.92 Å². The van der Waals surface area contributed by atoms with Gasteiger partial charge in [0.25, 0.3) is 0 Å². The lowest BCUT2D eigenvalue weighted by Crippen LogP contribution is -2.17. The maximum absolute atomic E-state index is 12.1. The molecule has 1 saturated heterocycles. The van der Waals surface area contributed by atoms with E-state index in [1.54, 1.807) is 6.07 Å². The molecular weight excluding hydrogens is 268 g/mol. The van der Waals surface area contributed by atoms with Crippen molar-refractivity contribution in [3.63, 3.8) is 0 Å². The van der Waals surface area contributed by atoms with Gasteiger partial charge in [0.15, 0.2) is 0 Å². The molecule has 1 atom stereocenters. The Morgan fingerprint density at radius 1 is 1.43 bits per heavy atom. The third-order valence-electron chi connectivity index (χ3n) is 3.88. The monoisotopic (exact) mass is 290 g/mol. The van der Waals surface area contributed by atoms with Crippen molar-refractivity contribution in [2.75, 3.05) is 25.5 Å². The molecule has 0 radical (unpaired) electrons. The Morgan fingerprint density at radius 2 is 2.24 bits per heavy atom. The smallest absolute Gasteiger partial charge is 0.340 e. The number of esters is 1. The average Bonchev–Trinajstić information content (AvgIpc) is 2.98. The van der Waals surface area contributed by atoms with Crippen LogP contribution in [0.1, 0.15) is 35.2 Å². The topological polar surface area (TPSA) is 67.4 Å². The standard InChI is InChI=1S/C16H22N2O3/c1-11-4-3-5-13(15(11)16(20)21-2)18-14(19)7-6-12-8-9-17-10-12/h3-5,12,17H,6-10H2,1-2H3,(H,18,19). The van der Waals surface area contributed by atoms with Crippen LogP contribution in [-0.2, 0) is 9.53 Å². The van der Waals surface area contributed by atoms with Gasteiger partial charge in [-0.25, -0.2) is 4.79 Å². The fourth-order valence-electron chi connectivity index (χ4n) is 2.65. The number of ether oxygens (including phenoxy) is 1. The number of hydrogen-bond acceptors (Lipinski definition) is 4. The van der Waals surface area contributed by atoms with Gasteiger partial charge in [-0.3, -0.25) is 4.79 Å². The summed E-state index contributed by atoms with van der Waals surface area (Å²) in [5.74, 6) is 0.0920. The number of anilines is 1. The number of carbonyl (C=O) groups excluding carboxylic acids is 2. The number of aryl methyl sites for hydroxylation is 1. The van der Waals surface area contributed by atoms with Gasteiger partial charge in [-0.05, 0) is 50.4 Å². The second-order valence-electron chi connectivity index (χ2n) is 5.43. The van der Waals surface area contributed by atoms with Gasteiger partial charge in [-0.15, -0.1) is 0 Å². The quantitative estimate of drug-likeness (QED) is 0.815. The second kappa shape index (κ2) is 7.22. The zero-order valence-corrected chi connectivity index (χ0v) is 12.6. The van der Waals surface area contributed by atoms with E-state index in [0.717, 1.165) is 31.5 Å². The van der Waals surface area contributed by atoms with Crippen LogP contribution in [0, 0.1) is 12.8 Å². The fourth-order valence-corrected chi connectivity index (χ4v) is 2.65. The Morgan fingerprint density at radius 3 is 2.90 bits per heavy atom. The summed E-state index contributed by atoms with van der Waals surface area (Å²) in [4.78, 5) is 23.9. The van der Waals surface area contributed by atoms with Crippen molar-refractivity contribution in [2.45, 2.75) is 26.2 Å². The molecule has 0 aromatic heterocycles. The Balaban J connectivity index is 1.99. The van der Waals surface area contributed by atoms with Gasteiger partial charge in [-0.2, -0.15) is 0 Å². The average molecular weight is 290 g/mol. The van der Waals surface area contributed by atoms with E-state index in [1.807, 2.05) is 19.1 Å². The minimum absolute atomic E-state index is 0.0577. The molecular formula is C16H22N2O3. The van der Waals surface area contributed by atoms with Crippen molar-refractivity contribution in [1.29, 1.82) is 0 Å². The lowest BCUT2D eigenvalue weighted by Gasteiger charge is -2.13. The summed E-state index contributed by atoms with van der Waals surface area (Å²) < 4.78 is 4.78. The van der Waals surface area contributed by atoms with Gasteiger partial charge in [0.05, 0.1) is 18.4 Å². The van der Waals surface area contributed by atoms with Crippen LogP contribution in [0.5, 0.6) is 0 Å². The second-order valence-corrected chi connectivity index (χ2v) is 5.43. The summed E-state index contributed by atoms with van der Waals surface area (Å²) in [6.45, 7) is 3.86. The first kappa shape index (κ1) is 15.5. The first-order chi connectivity index (χ1) is 10.1. The Labute approximate surface area is 125 Å². The van der Waals surface area contributed by atoms with E-state index < -0.39 is 5.97 Å². The minimum atomic E-state index is -0.427.